The third kappa shape index (κ3) is 6.84. The molecule has 2 aliphatic rings. The van der Waals surface area contributed by atoms with Crippen molar-refractivity contribution in [2.45, 2.75) is 5.41 Å². The van der Waals surface area contributed by atoms with Crippen molar-refractivity contribution in [3.63, 3.8) is 0 Å². The highest BCUT2D eigenvalue weighted by atomic mass is 15.1. The van der Waals surface area contributed by atoms with Gasteiger partial charge in [0.1, 0.15) is 0 Å². The molecule has 79 heavy (non-hydrogen) atoms. The number of para-hydroxylation sites is 2. The molecule has 0 saturated carbocycles. The number of fused-ring (bicyclic) bond motifs is 14. The summed E-state index contributed by atoms with van der Waals surface area (Å²) >= 11 is 0. The third-order valence-corrected chi connectivity index (χ3v) is 17.0. The first-order valence-electron chi connectivity index (χ1n) is 27.4. The van der Waals surface area contributed by atoms with E-state index >= 15 is 0 Å². The standard InChI is InChI=1S/C77H50N2/c1-2-18-54(19-3-1)61-29-15-20-56-21-16-30-62(75(56)61)55-44-48-58(49-45-55)78(74-37-17-31-68-65-26-6-11-34-71(65)77(76(68)74)69-32-9-4-24-63(69)64-25-5-10-33-70(64)77)60-23-14-22-57(50-60)53-40-38-51(39-41-53)52-42-46-59(47-43-52)79-72-35-12-7-27-66(72)67-28-8-13-36-73(67)79/h1-50H. The Labute approximate surface area is 460 Å². The lowest BCUT2D eigenvalue weighted by Crippen LogP contribution is -2.28. The molecule has 2 aliphatic carbocycles. The number of hydrogen-bond donors (Lipinski definition) is 0. The zero-order chi connectivity index (χ0) is 52.0. The summed E-state index contributed by atoms with van der Waals surface area (Å²) in [7, 11) is 0. The monoisotopic (exact) mass is 1000 g/mol. The Bertz CT molecular complexity index is 4580. The van der Waals surface area contributed by atoms with Crippen LogP contribution in [0.1, 0.15) is 22.3 Å². The van der Waals surface area contributed by atoms with Crippen molar-refractivity contribution in [2.24, 2.45) is 0 Å². The van der Waals surface area contributed by atoms with Crippen molar-refractivity contribution in [1.29, 1.82) is 0 Å². The van der Waals surface area contributed by atoms with Crippen LogP contribution in [-0.4, -0.2) is 4.57 Å². The summed E-state index contributed by atoms with van der Waals surface area (Å²) in [5, 5.41) is 5.02. The molecule has 0 aliphatic heterocycles. The molecule has 0 fully saturated rings. The molecule has 13 aromatic carbocycles. The second-order valence-corrected chi connectivity index (χ2v) is 21.1. The van der Waals surface area contributed by atoms with Gasteiger partial charge >= 0.3 is 0 Å². The minimum absolute atomic E-state index is 0.542. The van der Waals surface area contributed by atoms with E-state index in [0.717, 1.165) is 33.9 Å². The number of benzene rings is 13. The number of aromatic nitrogens is 1. The van der Waals surface area contributed by atoms with Gasteiger partial charge in [-0.1, -0.05) is 249 Å². The van der Waals surface area contributed by atoms with Gasteiger partial charge in [-0.15, -0.1) is 0 Å². The molecule has 0 amide bonds. The lowest BCUT2D eigenvalue weighted by atomic mass is 9.70. The molecule has 0 N–H and O–H groups in total. The first kappa shape index (κ1) is 45.0. The van der Waals surface area contributed by atoms with Crippen LogP contribution in [0.2, 0.25) is 0 Å². The Kier molecular flexibility index (Phi) is 10.2. The van der Waals surface area contributed by atoms with Crippen molar-refractivity contribution in [1.82, 2.24) is 4.57 Å². The molecule has 2 heteroatoms. The maximum absolute atomic E-state index is 2.52. The predicted octanol–water partition coefficient (Wildman–Crippen LogP) is 20.4. The first-order valence-corrected chi connectivity index (χ1v) is 27.4. The minimum atomic E-state index is -0.542. The highest BCUT2D eigenvalue weighted by Crippen LogP contribution is 2.65. The molecule has 1 aromatic heterocycles. The van der Waals surface area contributed by atoms with E-state index in [1.54, 1.807) is 0 Å². The highest BCUT2D eigenvalue weighted by molar-refractivity contribution is 6.10. The van der Waals surface area contributed by atoms with Gasteiger partial charge in [-0.05, 0) is 149 Å². The van der Waals surface area contributed by atoms with Gasteiger partial charge in [0, 0.05) is 33.4 Å². The molecule has 0 bridgehead atoms. The number of hydrogen-bond acceptors (Lipinski definition) is 1. The lowest BCUT2D eigenvalue weighted by molar-refractivity contribution is 0.793. The molecule has 2 nitrogen and oxygen atoms in total. The molecule has 0 radical (unpaired) electrons. The Balaban J connectivity index is 0.835. The summed E-state index contributed by atoms with van der Waals surface area (Å²) in [5.41, 5.74) is 26.3. The highest BCUT2D eigenvalue weighted by Gasteiger charge is 2.53. The van der Waals surface area contributed by atoms with Crippen molar-refractivity contribution >= 4 is 49.6 Å². The first-order chi connectivity index (χ1) is 39.2. The molecule has 0 saturated heterocycles. The maximum atomic E-state index is 2.52. The van der Waals surface area contributed by atoms with Crippen molar-refractivity contribution in [3.8, 4) is 72.4 Å². The summed E-state index contributed by atoms with van der Waals surface area (Å²) in [5.74, 6) is 0. The van der Waals surface area contributed by atoms with Gasteiger partial charge in [0.05, 0.1) is 22.1 Å². The fourth-order valence-corrected chi connectivity index (χ4v) is 13.7. The van der Waals surface area contributed by atoms with E-state index in [2.05, 4.69) is 313 Å². The van der Waals surface area contributed by atoms with E-state index in [4.69, 9.17) is 0 Å². The van der Waals surface area contributed by atoms with Gasteiger partial charge in [-0.25, -0.2) is 0 Å². The Morgan fingerprint density at radius 2 is 0.709 bits per heavy atom. The Morgan fingerprint density at radius 1 is 0.278 bits per heavy atom. The number of rotatable bonds is 8. The minimum Gasteiger partial charge on any atom is -0.310 e. The third-order valence-electron chi connectivity index (χ3n) is 17.0. The number of anilines is 3. The SMILES string of the molecule is c1ccc(-c2cccc3cccc(-c4ccc(N(c5cccc(-c6ccc(-c7ccc(-n8c9ccccc9c9ccccc98)cc7)cc6)c5)c5cccc6c5C5(c7ccccc7-c7ccccc75)c5ccccc5-6)cc4)c23)cc1. The van der Waals surface area contributed by atoms with Gasteiger partial charge < -0.3 is 9.47 Å². The molecule has 0 unspecified atom stereocenters. The summed E-state index contributed by atoms with van der Waals surface area (Å²) in [6, 6.07) is 112. The van der Waals surface area contributed by atoms with E-state index < -0.39 is 5.41 Å². The van der Waals surface area contributed by atoms with Crippen molar-refractivity contribution < 1.29 is 0 Å². The zero-order valence-electron chi connectivity index (χ0n) is 43.3. The van der Waals surface area contributed by atoms with E-state index in [1.165, 1.54) is 110 Å². The molecule has 368 valence electrons. The van der Waals surface area contributed by atoms with Crippen LogP contribution in [0.5, 0.6) is 0 Å². The maximum Gasteiger partial charge on any atom is 0.0746 e. The lowest BCUT2D eigenvalue weighted by Gasteiger charge is -2.36. The zero-order valence-corrected chi connectivity index (χ0v) is 43.3. The van der Waals surface area contributed by atoms with Crippen LogP contribution in [0.3, 0.4) is 0 Å². The molecule has 1 heterocycles. The van der Waals surface area contributed by atoms with Gasteiger partial charge in [0.15, 0.2) is 0 Å². The fraction of sp³-hybridized carbons (Fsp3) is 0.0130. The molecular formula is C77H50N2. The van der Waals surface area contributed by atoms with E-state index in [9.17, 15) is 0 Å². The quantitative estimate of drug-likeness (QED) is 0.147. The van der Waals surface area contributed by atoms with Crippen molar-refractivity contribution in [2.75, 3.05) is 4.90 Å². The largest absolute Gasteiger partial charge is 0.310 e. The van der Waals surface area contributed by atoms with Crippen LogP contribution in [0.4, 0.5) is 17.1 Å². The van der Waals surface area contributed by atoms with Crippen LogP contribution in [0, 0.1) is 0 Å². The summed E-state index contributed by atoms with van der Waals surface area (Å²) in [6.07, 6.45) is 0. The average molecular weight is 1000 g/mol. The van der Waals surface area contributed by atoms with Crippen LogP contribution in [0.15, 0.2) is 303 Å². The summed E-state index contributed by atoms with van der Waals surface area (Å²) in [6.45, 7) is 0. The fourth-order valence-electron chi connectivity index (χ4n) is 13.7. The van der Waals surface area contributed by atoms with E-state index in [1.807, 2.05) is 0 Å². The van der Waals surface area contributed by atoms with Crippen LogP contribution in [0.25, 0.3) is 105 Å². The van der Waals surface area contributed by atoms with Crippen molar-refractivity contribution in [3.05, 3.63) is 326 Å². The number of nitrogens with zero attached hydrogens (tertiary/aromatic N) is 2. The van der Waals surface area contributed by atoms with Gasteiger partial charge in [0.25, 0.3) is 0 Å². The van der Waals surface area contributed by atoms with Crippen LogP contribution >= 0.6 is 0 Å². The van der Waals surface area contributed by atoms with Gasteiger partial charge in [0.2, 0.25) is 0 Å². The predicted molar refractivity (Wildman–Crippen MR) is 331 cm³/mol. The van der Waals surface area contributed by atoms with Crippen LogP contribution < -0.4 is 4.90 Å². The molecule has 1 spiro atoms. The molecule has 0 atom stereocenters. The molecule has 14 aromatic rings. The smallest absolute Gasteiger partial charge is 0.0746 e. The average Bonchev–Trinajstić information content (AvgIpc) is 2.63. The Morgan fingerprint density at radius 3 is 1.32 bits per heavy atom. The normalized spacial score (nSPS) is 12.7. The summed E-state index contributed by atoms with van der Waals surface area (Å²) < 4.78 is 2.38. The van der Waals surface area contributed by atoms with E-state index in [0.29, 0.717) is 0 Å². The second kappa shape index (κ2) is 17.9. The van der Waals surface area contributed by atoms with Gasteiger partial charge in [-0.3, -0.25) is 0 Å². The van der Waals surface area contributed by atoms with Crippen LogP contribution in [-0.2, 0) is 5.41 Å². The molecule has 16 rings (SSSR count). The summed E-state index contributed by atoms with van der Waals surface area (Å²) in [4.78, 5) is 2.52. The van der Waals surface area contributed by atoms with Gasteiger partial charge in [-0.2, -0.15) is 0 Å². The Hall–Kier alpha value is -10.3. The topological polar surface area (TPSA) is 8.17 Å². The molecular weight excluding hydrogens is 953 g/mol. The second-order valence-electron chi connectivity index (χ2n) is 21.1. The van der Waals surface area contributed by atoms with E-state index in [-0.39, 0.29) is 0 Å².